The SMILES string of the molecule is CC[N+](CC)(CC)CCC[n+]1ccc(/C=C2\Sc3ccccc3N2CC(C)O)c2ccccc21. The lowest BCUT2D eigenvalue weighted by Crippen LogP contribution is -2.49. The third-order valence-corrected chi connectivity index (χ3v) is 8.48. The molecule has 0 radical (unpaired) electrons. The Morgan fingerprint density at radius 3 is 2.44 bits per heavy atom. The second-order valence-electron chi connectivity index (χ2n) is 9.36. The van der Waals surface area contributed by atoms with Gasteiger partial charge in [0.1, 0.15) is 0 Å². The number of hydrogen-bond acceptors (Lipinski definition) is 3. The number of hydrogen-bond donors (Lipinski definition) is 1. The largest absolute Gasteiger partial charge is 0.392 e. The van der Waals surface area contributed by atoms with Gasteiger partial charge in [0.2, 0.25) is 5.52 Å². The number of aliphatic hydroxyl groups excluding tert-OH is 1. The standard InChI is InChI=1S/C29H39N3OS/c1-5-32(6-2,7-3)20-12-18-30-19-17-24(25-13-8-9-14-26(25)30)21-29-31(22-23(4)33)27-15-10-11-16-28(27)34-29/h8-11,13-17,19,21,23,33H,5-7,12,18,20,22H2,1-4H3/q+2. The fourth-order valence-electron chi connectivity index (χ4n) is 5.10. The molecule has 1 aliphatic heterocycles. The first-order chi connectivity index (χ1) is 16.5. The smallest absolute Gasteiger partial charge is 0.213 e. The highest BCUT2D eigenvalue weighted by molar-refractivity contribution is 8.03. The van der Waals surface area contributed by atoms with Crippen LogP contribution in [0.15, 0.2) is 70.7 Å². The summed E-state index contributed by atoms with van der Waals surface area (Å²) in [6.45, 7) is 15.3. The number of thioether (sulfide) groups is 1. The van der Waals surface area contributed by atoms with Gasteiger partial charge in [-0.25, -0.2) is 0 Å². The van der Waals surface area contributed by atoms with E-state index in [0.29, 0.717) is 6.54 Å². The van der Waals surface area contributed by atoms with Crippen molar-refractivity contribution in [3.63, 3.8) is 0 Å². The zero-order chi connectivity index (χ0) is 24.1. The molecule has 2 heterocycles. The van der Waals surface area contributed by atoms with Crippen LogP contribution >= 0.6 is 11.8 Å². The van der Waals surface area contributed by atoms with Crippen LogP contribution in [0.3, 0.4) is 0 Å². The van der Waals surface area contributed by atoms with Crippen molar-refractivity contribution in [2.24, 2.45) is 0 Å². The molecule has 1 aliphatic rings. The zero-order valence-corrected chi connectivity index (χ0v) is 21.9. The average Bonchev–Trinajstić information content (AvgIpc) is 3.19. The van der Waals surface area contributed by atoms with Gasteiger partial charge in [-0.3, -0.25) is 0 Å². The summed E-state index contributed by atoms with van der Waals surface area (Å²) in [4.78, 5) is 3.49. The highest BCUT2D eigenvalue weighted by Gasteiger charge is 2.26. The van der Waals surface area contributed by atoms with Crippen molar-refractivity contribution >= 4 is 34.4 Å². The molecule has 0 spiro atoms. The number of aliphatic hydroxyl groups is 1. The van der Waals surface area contributed by atoms with Crippen LogP contribution in [0.4, 0.5) is 5.69 Å². The summed E-state index contributed by atoms with van der Waals surface area (Å²) in [5.74, 6) is 0. The van der Waals surface area contributed by atoms with Gasteiger partial charge in [-0.2, -0.15) is 4.57 Å². The predicted molar refractivity (Wildman–Crippen MR) is 145 cm³/mol. The number of pyridine rings is 1. The lowest BCUT2D eigenvalue weighted by Gasteiger charge is -2.35. The van der Waals surface area contributed by atoms with E-state index in [-0.39, 0.29) is 0 Å². The van der Waals surface area contributed by atoms with E-state index in [1.807, 2.05) is 6.92 Å². The lowest BCUT2D eigenvalue weighted by atomic mass is 10.1. The van der Waals surface area contributed by atoms with Gasteiger partial charge in [0, 0.05) is 23.6 Å². The molecule has 1 N–H and O–H groups in total. The summed E-state index contributed by atoms with van der Waals surface area (Å²) in [6, 6.07) is 19.4. The Hall–Kier alpha value is -2.34. The molecule has 0 amide bonds. The molecule has 4 rings (SSSR count). The summed E-state index contributed by atoms with van der Waals surface area (Å²) < 4.78 is 3.61. The highest BCUT2D eigenvalue weighted by Crippen LogP contribution is 2.46. The van der Waals surface area contributed by atoms with Crippen LogP contribution in [0.5, 0.6) is 0 Å². The molecule has 3 aromatic rings. The van der Waals surface area contributed by atoms with E-state index in [9.17, 15) is 5.11 Å². The second kappa shape index (κ2) is 10.9. The van der Waals surface area contributed by atoms with E-state index in [0.717, 1.165) is 6.54 Å². The number of benzene rings is 2. The van der Waals surface area contributed by atoms with Gasteiger partial charge >= 0.3 is 0 Å². The first-order valence-corrected chi connectivity index (χ1v) is 13.5. The van der Waals surface area contributed by atoms with Gasteiger partial charge in [0.15, 0.2) is 12.7 Å². The molecule has 1 unspecified atom stereocenters. The minimum atomic E-state index is -0.398. The highest BCUT2D eigenvalue weighted by atomic mass is 32.2. The summed E-state index contributed by atoms with van der Waals surface area (Å²) in [5.41, 5.74) is 3.68. The number of rotatable bonds is 10. The topological polar surface area (TPSA) is 27.4 Å². The van der Waals surface area contributed by atoms with E-state index in [1.54, 1.807) is 11.8 Å². The molecule has 5 heteroatoms. The molecule has 2 aromatic carbocycles. The predicted octanol–water partition coefficient (Wildman–Crippen LogP) is 5.69. The molecule has 4 nitrogen and oxygen atoms in total. The van der Waals surface area contributed by atoms with Crippen molar-refractivity contribution in [1.29, 1.82) is 0 Å². The van der Waals surface area contributed by atoms with E-state index < -0.39 is 6.10 Å². The Morgan fingerprint density at radius 2 is 1.71 bits per heavy atom. The first kappa shape index (κ1) is 24.8. The van der Waals surface area contributed by atoms with Crippen molar-refractivity contribution in [2.45, 2.75) is 51.7 Å². The van der Waals surface area contributed by atoms with Crippen LogP contribution in [0, 0.1) is 0 Å². The first-order valence-electron chi connectivity index (χ1n) is 12.7. The van der Waals surface area contributed by atoms with Crippen LogP contribution in [0.2, 0.25) is 0 Å². The van der Waals surface area contributed by atoms with Gasteiger partial charge in [0.25, 0.3) is 0 Å². The summed E-state index contributed by atoms with van der Waals surface area (Å²) in [7, 11) is 0. The number of quaternary nitrogens is 1. The minimum Gasteiger partial charge on any atom is -0.392 e. The maximum atomic E-state index is 10.1. The lowest BCUT2D eigenvalue weighted by molar-refractivity contribution is -0.925. The molecule has 0 saturated heterocycles. The van der Waals surface area contributed by atoms with Crippen molar-refractivity contribution in [1.82, 2.24) is 0 Å². The third kappa shape index (κ3) is 5.17. The molecule has 180 valence electrons. The Balaban J connectivity index is 1.63. The van der Waals surface area contributed by atoms with Crippen molar-refractivity contribution < 1.29 is 14.2 Å². The van der Waals surface area contributed by atoms with Crippen LogP contribution in [-0.2, 0) is 6.54 Å². The number of fused-ring (bicyclic) bond motifs is 2. The quantitative estimate of drug-likeness (QED) is 0.300. The molecule has 34 heavy (non-hydrogen) atoms. The van der Waals surface area contributed by atoms with E-state index in [1.165, 1.54) is 69.2 Å². The van der Waals surface area contributed by atoms with Gasteiger partial charge in [-0.05, 0) is 57.5 Å². The van der Waals surface area contributed by atoms with E-state index in [2.05, 4.69) is 97.1 Å². The molecule has 0 aliphatic carbocycles. The van der Waals surface area contributed by atoms with Crippen molar-refractivity contribution in [2.75, 3.05) is 37.6 Å². The van der Waals surface area contributed by atoms with Crippen LogP contribution < -0.4 is 9.47 Å². The number of anilines is 1. The summed E-state index contributed by atoms with van der Waals surface area (Å²) in [5, 5.41) is 12.6. The normalized spacial score (nSPS) is 15.8. The van der Waals surface area contributed by atoms with Crippen molar-refractivity contribution in [3.8, 4) is 0 Å². The zero-order valence-electron chi connectivity index (χ0n) is 21.1. The number of aryl methyl sites for hydroxylation is 1. The maximum absolute atomic E-state index is 10.1. The molecular weight excluding hydrogens is 438 g/mol. The van der Waals surface area contributed by atoms with Crippen LogP contribution in [-0.4, -0.2) is 48.4 Å². The van der Waals surface area contributed by atoms with E-state index in [4.69, 9.17) is 0 Å². The number of aromatic nitrogens is 1. The van der Waals surface area contributed by atoms with Crippen LogP contribution in [0.25, 0.3) is 17.0 Å². The second-order valence-corrected chi connectivity index (χ2v) is 10.4. The third-order valence-electron chi connectivity index (χ3n) is 7.36. The van der Waals surface area contributed by atoms with Gasteiger partial charge in [-0.15, -0.1) is 0 Å². The summed E-state index contributed by atoms with van der Waals surface area (Å²) >= 11 is 1.78. The molecule has 1 aromatic heterocycles. The Bertz CT molecular complexity index is 1140. The molecule has 0 saturated carbocycles. The maximum Gasteiger partial charge on any atom is 0.213 e. The van der Waals surface area contributed by atoms with Crippen molar-refractivity contribution in [3.05, 3.63) is 71.4 Å². The van der Waals surface area contributed by atoms with Gasteiger partial charge < -0.3 is 14.5 Å². The molecular formula is C29H39N3OS+2. The van der Waals surface area contributed by atoms with Gasteiger partial charge in [0.05, 0.1) is 54.8 Å². The number of para-hydroxylation sites is 2. The molecule has 1 atom stereocenters. The number of β-amino-alcohol motifs (C(OH)–C–C–N with tert-alkyl or cyclic N) is 1. The molecule has 0 bridgehead atoms. The fraction of sp³-hybridized carbons (Fsp3) is 0.414. The molecule has 0 fully saturated rings. The monoisotopic (exact) mass is 477 g/mol. The Kier molecular flexibility index (Phi) is 7.97. The summed E-state index contributed by atoms with van der Waals surface area (Å²) in [6.07, 6.45) is 5.31. The van der Waals surface area contributed by atoms with Gasteiger partial charge in [-0.1, -0.05) is 36.0 Å². The Morgan fingerprint density at radius 1 is 1.00 bits per heavy atom. The average molecular weight is 478 g/mol. The van der Waals surface area contributed by atoms with Crippen LogP contribution in [0.1, 0.15) is 39.7 Å². The Labute approximate surface area is 209 Å². The van der Waals surface area contributed by atoms with E-state index >= 15 is 0 Å². The minimum absolute atomic E-state index is 0.398. The fourth-order valence-corrected chi connectivity index (χ4v) is 6.22. The number of nitrogens with zero attached hydrogens (tertiary/aromatic N) is 3.